The minimum absolute atomic E-state index is 0.0910. The normalized spacial score (nSPS) is 23.7. The van der Waals surface area contributed by atoms with Crippen LogP contribution in [0.4, 0.5) is 0 Å². The van der Waals surface area contributed by atoms with Gasteiger partial charge in [0.2, 0.25) is 5.91 Å². The van der Waals surface area contributed by atoms with E-state index in [1.54, 1.807) is 16.7 Å². The lowest BCUT2D eigenvalue weighted by atomic mass is 9.93. The SMILES string of the molecule is COc1ccccc1CN1C(=O)c2cc(C3CC3)nn2C[C@@]1(C)C(=O)NC1CCCCCC1. The first-order valence-electron chi connectivity index (χ1n) is 12.3. The molecule has 0 radical (unpaired) electrons. The lowest BCUT2D eigenvalue weighted by Crippen LogP contribution is -2.64. The summed E-state index contributed by atoms with van der Waals surface area (Å²) in [7, 11) is 1.63. The molecule has 0 spiro atoms. The molecule has 1 aromatic carbocycles. The number of nitrogens with zero attached hydrogens (tertiary/aromatic N) is 3. The van der Waals surface area contributed by atoms with Gasteiger partial charge in [-0.2, -0.15) is 5.10 Å². The second-order valence-electron chi connectivity index (χ2n) is 10.0. The number of carbonyl (C=O) groups excluding carboxylic acids is 2. The number of amides is 2. The number of aromatic nitrogens is 2. The number of hydrogen-bond acceptors (Lipinski definition) is 4. The molecule has 2 heterocycles. The number of fused-ring (bicyclic) bond motifs is 1. The zero-order chi connectivity index (χ0) is 23.0. The molecule has 2 saturated carbocycles. The predicted molar refractivity (Wildman–Crippen MR) is 125 cm³/mol. The van der Waals surface area contributed by atoms with Gasteiger partial charge in [0, 0.05) is 17.5 Å². The number of nitrogens with one attached hydrogen (secondary N) is 1. The number of carbonyl (C=O) groups is 2. The average molecular weight is 451 g/mol. The molecular formula is C26H34N4O3. The zero-order valence-electron chi connectivity index (χ0n) is 19.7. The highest BCUT2D eigenvalue weighted by atomic mass is 16.5. The summed E-state index contributed by atoms with van der Waals surface area (Å²) >= 11 is 0. The van der Waals surface area contributed by atoms with Gasteiger partial charge in [0.05, 0.1) is 25.9 Å². The first kappa shape index (κ1) is 22.0. The Morgan fingerprint density at radius 2 is 1.88 bits per heavy atom. The first-order valence-corrected chi connectivity index (χ1v) is 12.3. The molecule has 1 aromatic heterocycles. The molecule has 2 aromatic rings. The monoisotopic (exact) mass is 450 g/mol. The number of hydrogen-bond donors (Lipinski definition) is 1. The van der Waals surface area contributed by atoms with Gasteiger partial charge in [0.1, 0.15) is 17.0 Å². The molecule has 176 valence electrons. The largest absolute Gasteiger partial charge is 0.496 e. The third-order valence-corrected chi connectivity index (χ3v) is 7.51. The Morgan fingerprint density at radius 1 is 1.15 bits per heavy atom. The van der Waals surface area contributed by atoms with Crippen LogP contribution in [0.15, 0.2) is 30.3 Å². The summed E-state index contributed by atoms with van der Waals surface area (Å²) in [6.45, 7) is 2.55. The maximum absolute atomic E-state index is 13.8. The molecule has 1 aliphatic heterocycles. The van der Waals surface area contributed by atoms with E-state index in [0.29, 0.717) is 24.7 Å². The summed E-state index contributed by atoms with van der Waals surface area (Å²) in [6.07, 6.45) is 8.97. The highest BCUT2D eigenvalue weighted by molar-refractivity contribution is 5.99. The lowest BCUT2D eigenvalue weighted by molar-refractivity contribution is -0.134. The van der Waals surface area contributed by atoms with Crippen LogP contribution in [0, 0.1) is 0 Å². The maximum atomic E-state index is 13.8. The van der Waals surface area contributed by atoms with Crippen LogP contribution in [0.25, 0.3) is 0 Å². The Kier molecular flexibility index (Phi) is 5.89. The molecule has 7 heteroatoms. The van der Waals surface area contributed by atoms with E-state index < -0.39 is 5.54 Å². The second-order valence-corrected chi connectivity index (χ2v) is 10.0. The summed E-state index contributed by atoms with van der Waals surface area (Å²) in [5, 5.41) is 8.04. The Bertz CT molecular complexity index is 1040. The van der Waals surface area contributed by atoms with Crippen molar-refractivity contribution >= 4 is 11.8 Å². The zero-order valence-corrected chi connectivity index (χ0v) is 19.7. The van der Waals surface area contributed by atoms with Crippen molar-refractivity contribution in [2.75, 3.05) is 7.11 Å². The van der Waals surface area contributed by atoms with Crippen LogP contribution in [-0.2, 0) is 17.9 Å². The van der Waals surface area contributed by atoms with E-state index in [1.807, 2.05) is 37.3 Å². The van der Waals surface area contributed by atoms with Gasteiger partial charge in [-0.3, -0.25) is 14.3 Å². The van der Waals surface area contributed by atoms with Crippen molar-refractivity contribution < 1.29 is 14.3 Å². The van der Waals surface area contributed by atoms with Crippen molar-refractivity contribution in [3.8, 4) is 5.75 Å². The Labute approximate surface area is 195 Å². The van der Waals surface area contributed by atoms with Crippen molar-refractivity contribution in [3.05, 3.63) is 47.3 Å². The van der Waals surface area contributed by atoms with E-state index >= 15 is 0 Å². The predicted octanol–water partition coefficient (Wildman–Crippen LogP) is 4.02. The Morgan fingerprint density at radius 3 is 2.58 bits per heavy atom. The molecule has 7 nitrogen and oxygen atoms in total. The van der Waals surface area contributed by atoms with Gasteiger partial charge in [0.25, 0.3) is 5.91 Å². The number of ether oxygens (including phenoxy) is 1. The van der Waals surface area contributed by atoms with Gasteiger partial charge in [0.15, 0.2) is 0 Å². The number of methoxy groups -OCH3 is 1. The molecule has 5 rings (SSSR count). The van der Waals surface area contributed by atoms with Gasteiger partial charge < -0.3 is 15.0 Å². The van der Waals surface area contributed by atoms with Crippen molar-refractivity contribution in [1.29, 1.82) is 0 Å². The molecule has 0 unspecified atom stereocenters. The van der Waals surface area contributed by atoms with Gasteiger partial charge in [-0.25, -0.2) is 0 Å². The number of rotatable bonds is 6. The summed E-state index contributed by atoms with van der Waals surface area (Å²) < 4.78 is 7.31. The second kappa shape index (κ2) is 8.84. The van der Waals surface area contributed by atoms with Crippen LogP contribution < -0.4 is 10.1 Å². The van der Waals surface area contributed by atoms with Crippen molar-refractivity contribution in [2.45, 2.75) is 88.9 Å². The van der Waals surface area contributed by atoms with E-state index in [-0.39, 0.29) is 17.9 Å². The third kappa shape index (κ3) is 4.25. The smallest absolute Gasteiger partial charge is 0.273 e. The van der Waals surface area contributed by atoms with Gasteiger partial charge in [-0.05, 0) is 44.7 Å². The number of benzene rings is 1. The summed E-state index contributed by atoms with van der Waals surface area (Å²) in [6, 6.07) is 9.79. The van der Waals surface area contributed by atoms with Crippen LogP contribution in [0.1, 0.15) is 86.0 Å². The average Bonchev–Trinajstić information content (AvgIpc) is 3.62. The molecule has 2 amide bonds. The summed E-state index contributed by atoms with van der Waals surface area (Å²) in [4.78, 5) is 29.3. The third-order valence-electron chi connectivity index (χ3n) is 7.51. The molecule has 33 heavy (non-hydrogen) atoms. The minimum Gasteiger partial charge on any atom is -0.496 e. The highest BCUT2D eigenvalue weighted by Gasteiger charge is 2.49. The standard InChI is InChI=1S/C26H34N4O3/c1-26(25(32)27-20-10-5-3-4-6-11-20)17-30-22(15-21(28-30)18-13-14-18)24(31)29(26)16-19-9-7-8-12-23(19)33-2/h7-9,12,15,18,20H,3-6,10-11,13-14,16-17H2,1-2H3,(H,27,32)/t26-/m0/s1. The fourth-order valence-corrected chi connectivity index (χ4v) is 5.26. The minimum atomic E-state index is -1.04. The van der Waals surface area contributed by atoms with Gasteiger partial charge in [-0.1, -0.05) is 43.9 Å². The van der Waals surface area contributed by atoms with Crippen LogP contribution >= 0.6 is 0 Å². The van der Waals surface area contributed by atoms with Crippen molar-refractivity contribution in [2.24, 2.45) is 0 Å². The van der Waals surface area contributed by atoms with E-state index in [1.165, 1.54) is 12.8 Å². The topological polar surface area (TPSA) is 76.5 Å². The molecule has 1 N–H and O–H groups in total. The fourth-order valence-electron chi connectivity index (χ4n) is 5.26. The molecule has 2 aliphatic carbocycles. The molecule has 2 fully saturated rings. The summed E-state index contributed by atoms with van der Waals surface area (Å²) in [5.74, 6) is 0.927. The summed E-state index contributed by atoms with van der Waals surface area (Å²) in [5.41, 5.74) is 1.40. The van der Waals surface area contributed by atoms with Crippen LogP contribution in [0.3, 0.4) is 0 Å². The fraction of sp³-hybridized carbons (Fsp3) is 0.577. The number of para-hydroxylation sites is 1. The molecular weight excluding hydrogens is 416 g/mol. The van der Waals surface area contributed by atoms with Crippen LogP contribution in [0.2, 0.25) is 0 Å². The van der Waals surface area contributed by atoms with E-state index in [2.05, 4.69) is 5.32 Å². The molecule has 0 saturated heterocycles. The van der Waals surface area contributed by atoms with E-state index in [4.69, 9.17) is 9.84 Å². The Hall–Kier alpha value is -2.83. The lowest BCUT2D eigenvalue weighted by Gasteiger charge is -2.44. The van der Waals surface area contributed by atoms with Gasteiger partial charge >= 0.3 is 0 Å². The quantitative estimate of drug-likeness (QED) is 0.675. The van der Waals surface area contributed by atoms with E-state index in [9.17, 15) is 9.59 Å². The molecule has 0 bridgehead atoms. The van der Waals surface area contributed by atoms with E-state index in [0.717, 1.165) is 55.5 Å². The highest BCUT2D eigenvalue weighted by Crippen LogP contribution is 2.41. The maximum Gasteiger partial charge on any atom is 0.273 e. The molecule has 1 atom stereocenters. The molecule has 3 aliphatic rings. The van der Waals surface area contributed by atoms with Gasteiger partial charge in [-0.15, -0.1) is 0 Å². The van der Waals surface area contributed by atoms with Crippen molar-refractivity contribution in [1.82, 2.24) is 20.0 Å². The Balaban J connectivity index is 1.48. The van der Waals surface area contributed by atoms with Crippen LogP contribution in [-0.4, -0.2) is 45.2 Å². The first-order chi connectivity index (χ1) is 16.0. The van der Waals surface area contributed by atoms with Crippen molar-refractivity contribution in [3.63, 3.8) is 0 Å². The van der Waals surface area contributed by atoms with Crippen LogP contribution in [0.5, 0.6) is 5.75 Å².